The van der Waals surface area contributed by atoms with E-state index >= 15 is 0 Å². The van der Waals surface area contributed by atoms with Crippen LogP contribution in [0.5, 0.6) is 0 Å². The van der Waals surface area contributed by atoms with E-state index < -0.39 is 10.8 Å². The van der Waals surface area contributed by atoms with Gasteiger partial charge in [0.25, 0.3) is 0 Å². The van der Waals surface area contributed by atoms with Crippen LogP contribution in [0.2, 0.25) is 0 Å². The summed E-state index contributed by atoms with van der Waals surface area (Å²) in [6.45, 7) is 8.20. The van der Waals surface area contributed by atoms with Crippen molar-refractivity contribution < 1.29 is 9.59 Å². The smallest absolute Gasteiger partial charge is 0.246 e. The van der Waals surface area contributed by atoms with Crippen LogP contribution in [-0.2, 0) is 9.59 Å². The number of nitrogens with zero attached hydrogens (tertiary/aromatic N) is 4. The largest absolute Gasteiger partial charge is 0.368 e. The fourth-order valence-electron chi connectivity index (χ4n) is 2.98. The Kier molecular flexibility index (Phi) is 4.77. The molecule has 0 radical (unpaired) electrons. The van der Waals surface area contributed by atoms with E-state index in [0.717, 1.165) is 11.5 Å². The van der Waals surface area contributed by atoms with E-state index in [1.54, 1.807) is 0 Å². The Bertz CT molecular complexity index is 667. The fraction of sp³-hybridized carbons (Fsp3) is 0.625. The lowest BCUT2D eigenvalue weighted by Gasteiger charge is -2.39. The van der Waals surface area contributed by atoms with Crippen molar-refractivity contribution >= 4 is 35.3 Å². The van der Waals surface area contributed by atoms with Gasteiger partial charge in [0.1, 0.15) is 11.9 Å². The highest BCUT2D eigenvalue weighted by molar-refractivity contribution is 8.01. The minimum atomic E-state index is -0.472. The van der Waals surface area contributed by atoms with Gasteiger partial charge in [0.05, 0.1) is 4.75 Å². The van der Waals surface area contributed by atoms with Gasteiger partial charge in [-0.1, -0.05) is 0 Å². The number of carbonyl (C=O) groups is 2. The molecule has 0 aliphatic carbocycles. The molecule has 1 aromatic heterocycles. The maximum absolute atomic E-state index is 12.7. The molecule has 2 amide bonds. The van der Waals surface area contributed by atoms with Gasteiger partial charge in [0.15, 0.2) is 0 Å². The molecular formula is C16H24N6O2S. The predicted molar refractivity (Wildman–Crippen MR) is 98.4 cm³/mol. The second-order valence-electron chi connectivity index (χ2n) is 6.89. The summed E-state index contributed by atoms with van der Waals surface area (Å²) < 4.78 is -0.472. The highest BCUT2D eigenvalue weighted by Gasteiger charge is 2.39. The first-order chi connectivity index (χ1) is 11.8. The monoisotopic (exact) mass is 364 g/mol. The number of amides is 2. The summed E-state index contributed by atoms with van der Waals surface area (Å²) in [5.41, 5.74) is 6.54. The van der Waals surface area contributed by atoms with E-state index in [-0.39, 0.29) is 17.8 Å². The fourth-order valence-corrected chi connectivity index (χ4v) is 3.98. The van der Waals surface area contributed by atoms with Gasteiger partial charge in [-0.3, -0.25) is 9.59 Å². The van der Waals surface area contributed by atoms with E-state index in [1.807, 2.05) is 31.7 Å². The summed E-state index contributed by atoms with van der Waals surface area (Å²) in [4.78, 5) is 37.1. The maximum atomic E-state index is 12.7. The van der Waals surface area contributed by atoms with Gasteiger partial charge in [-0.25, -0.2) is 4.98 Å². The molecule has 0 bridgehead atoms. The number of rotatable bonds is 2. The summed E-state index contributed by atoms with van der Waals surface area (Å²) in [6.07, 6.45) is 0. The van der Waals surface area contributed by atoms with E-state index in [1.165, 1.54) is 11.8 Å². The SMILES string of the molecule is Cc1cc(N2CCN(C(=O)[C@H]3CSC(C)(C)C(=O)N3)CC2)nc(N)n1. The van der Waals surface area contributed by atoms with Crippen LogP contribution >= 0.6 is 11.8 Å². The van der Waals surface area contributed by atoms with Crippen LogP contribution in [0, 0.1) is 6.92 Å². The van der Waals surface area contributed by atoms with Crippen LogP contribution in [0.25, 0.3) is 0 Å². The number of nitrogen functional groups attached to an aromatic ring is 1. The zero-order valence-electron chi connectivity index (χ0n) is 14.8. The molecule has 1 atom stereocenters. The number of hydrogen-bond donors (Lipinski definition) is 2. The second kappa shape index (κ2) is 6.70. The first kappa shape index (κ1) is 17.8. The summed E-state index contributed by atoms with van der Waals surface area (Å²) in [6, 6.07) is 1.46. The van der Waals surface area contributed by atoms with Crippen molar-refractivity contribution in [3.05, 3.63) is 11.8 Å². The molecule has 0 saturated carbocycles. The lowest BCUT2D eigenvalue weighted by Crippen LogP contribution is -2.60. The Labute approximate surface area is 151 Å². The van der Waals surface area contributed by atoms with Crippen LogP contribution in [0.1, 0.15) is 19.5 Å². The Morgan fingerprint density at radius 2 is 2.00 bits per heavy atom. The first-order valence-electron chi connectivity index (χ1n) is 8.36. The predicted octanol–water partition coefficient (Wildman–Crippen LogP) is 0.0260. The zero-order chi connectivity index (χ0) is 18.2. The second-order valence-corrected chi connectivity index (χ2v) is 8.53. The molecule has 9 heteroatoms. The lowest BCUT2D eigenvalue weighted by molar-refractivity contribution is -0.136. The molecule has 0 spiro atoms. The van der Waals surface area contributed by atoms with Gasteiger partial charge >= 0.3 is 0 Å². The number of aromatic nitrogens is 2. The molecule has 3 N–H and O–H groups in total. The average Bonchev–Trinajstić information content (AvgIpc) is 2.56. The highest BCUT2D eigenvalue weighted by Crippen LogP contribution is 2.29. The lowest BCUT2D eigenvalue weighted by atomic mass is 10.1. The molecule has 1 aromatic rings. The van der Waals surface area contributed by atoms with Crippen molar-refractivity contribution in [2.24, 2.45) is 0 Å². The molecule has 0 unspecified atom stereocenters. The molecule has 3 rings (SSSR count). The molecule has 2 aliphatic rings. The summed E-state index contributed by atoms with van der Waals surface area (Å²) >= 11 is 1.53. The van der Waals surface area contributed by atoms with Gasteiger partial charge in [-0.05, 0) is 20.8 Å². The molecule has 3 heterocycles. The van der Waals surface area contributed by atoms with Crippen molar-refractivity contribution in [2.45, 2.75) is 31.6 Å². The number of aryl methyl sites for hydroxylation is 1. The standard InChI is InChI=1S/C16H24N6O2S/c1-10-8-12(20-15(17)18-10)21-4-6-22(7-5-21)13(23)11-9-25-16(2,3)14(24)19-11/h8,11H,4-7,9H2,1-3H3,(H,19,24)(H2,17,18,20)/t11-/m1/s1. The normalized spacial score (nSPS) is 23.3. The summed E-state index contributed by atoms with van der Waals surface area (Å²) in [7, 11) is 0. The third kappa shape index (κ3) is 3.81. The topological polar surface area (TPSA) is 104 Å². The van der Waals surface area contributed by atoms with Gasteiger partial charge in [0.2, 0.25) is 17.8 Å². The van der Waals surface area contributed by atoms with Gasteiger partial charge in [-0.15, -0.1) is 11.8 Å². The van der Waals surface area contributed by atoms with Crippen molar-refractivity contribution in [1.82, 2.24) is 20.2 Å². The third-order valence-corrected chi connectivity index (χ3v) is 5.94. The number of nitrogens with one attached hydrogen (secondary N) is 1. The van der Waals surface area contributed by atoms with Crippen molar-refractivity contribution in [2.75, 3.05) is 42.6 Å². The van der Waals surface area contributed by atoms with Gasteiger partial charge in [0, 0.05) is 43.7 Å². The van der Waals surface area contributed by atoms with Gasteiger partial charge < -0.3 is 20.9 Å². The molecule has 136 valence electrons. The number of hydrogen-bond acceptors (Lipinski definition) is 7. The van der Waals surface area contributed by atoms with Crippen LogP contribution in [-0.4, -0.2) is 69.4 Å². The van der Waals surface area contributed by atoms with E-state index in [4.69, 9.17) is 5.73 Å². The number of anilines is 2. The Morgan fingerprint density at radius 1 is 1.32 bits per heavy atom. The molecule has 0 aromatic carbocycles. The molecule has 2 aliphatic heterocycles. The van der Waals surface area contributed by atoms with Gasteiger partial charge in [-0.2, -0.15) is 4.98 Å². The number of carbonyl (C=O) groups excluding carboxylic acids is 2. The number of nitrogens with two attached hydrogens (primary N) is 1. The van der Waals surface area contributed by atoms with Crippen LogP contribution in [0.3, 0.4) is 0 Å². The van der Waals surface area contributed by atoms with E-state index in [0.29, 0.717) is 31.9 Å². The summed E-state index contributed by atoms with van der Waals surface area (Å²) in [5.74, 6) is 1.58. The Hall–Kier alpha value is -2.03. The quantitative estimate of drug-likeness (QED) is 0.763. The van der Waals surface area contributed by atoms with Crippen LogP contribution in [0.4, 0.5) is 11.8 Å². The summed E-state index contributed by atoms with van der Waals surface area (Å²) in [5, 5.41) is 2.86. The zero-order valence-corrected chi connectivity index (χ0v) is 15.6. The van der Waals surface area contributed by atoms with Crippen LogP contribution < -0.4 is 16.0 Å². The van der Waals surface area contributed by atoms with E-state index in [2.05, 4.69) is 20.2 Å². The molecule has 2 fully saturated rings. The van der Waals surface area contributed by atoms with Crippen LogP contribution in [0.15, 0.2) is 6.07 Å². The Balaban J connectivity index is 1.59. The molecule has 8 nitrogen and oxygen atoms in total. The Morgan fingerprint density at radius 3 is 2.60 bits per heavy atom. The maximum Gasteiger partial charge on any atom is 0.246 e. The highest BCUT2D eigenvalue weighted by atomic mass is 32.2. The number of piperazine rings is 1. The molecule has 2 saturated heterocycles. The minimum absolute atomic E-state index is 0.00520. The minimum Gasteiger partial charge on any atom is -0.368 e. The molecule has 25 heavy (non-hydrogen) atoms. The number of thioether (sulfide) groups is 1. The first-order valence-corrected chi connectivity index (χ1v) is 9.34. The van der Waals surface area contributed by atoms with Crippen molar-refractivity contribution in [3.8, 4) is 0 Å². The third-order valence-electron chi connectivity index (χ3n) is 4.53. The average molecular weight is 364 g/mol. The van der Waals surface area contributed by atoms with E-state index in [9.17, 15) is 9.59 Å². The van der Waals surface area contributed by atoms with Crippen molar-refractivity contribution in [1.29, 1.82) is 0 Å². The molecular weight excluding hydrogens is 340 g/mol. The van der Waals surface area contributed by atoms with Crippen molar-refractivity contribution in [3.63, 3.8) is 0 Å².